The molecule has 108 valence electrons. The van der Waals surface area contributed by atoms with E-state index < -0.39 is 0 Å². The second-order valence-corrected chi connectivity index (χ2v) is 4.98. The molecule has 0 atom stereocenters. The van der Waals surface area contributed by atoms with Crippen LogP contribution in [0.2, 0.25) is 0 Å². The molecule has 4 nitrogen and oxygen atoms in total. The number of rotatable bonds is 4. The number of fused-ring (bicyclic) bond motifs is 1. The Bertz CT molecular complexity index is 762. The van der Waals surface area contributed by atoms with Gasteiger partial charge in [0.2, 0.25) is 0 Å². The van der Waals surface area contributed by atoms with Crippen molar-refractivity contribution in [1.29, 1.82) is 0 Å². The van der Waals surface area contributed by atoms with Gasteiger partial charge < -0.3 is 11.5 Å². The first kappa shape index (κ1) is 13.6. The van der Waals surface area contributed by atoms with Crippen molar-refractivity contribution < 1.29 is 4.39 Å². The highest BCUT2D eigenvalue weighted by molar-refractivity contribution is 5.78. The Balaban J connectivity index is 2.20. The molecule has 21 heavy (non-hydrogen) atoms. The molecular formula is C16H17FN4. The highest BCUT2D eigenvalue weighted by Crippen LogP contribution is 2.24. The summed E-state index contributed by atoms with van der Waals surface area (Å²) in [5.41, 5.74) is 14.5. The number of hydrogen-bond acceptors (Lipinski definition) is 3. The number of aryl methyl sites for hydroxylation is 1. The maximum absolute atomic E-state index is 13.6. The van der Waals surface area contributed by atoms with Crippen LogP contribution in [0.3, 0.4) is 0 Å². The number of halogens is 1. The van der Waals surface area contributed by atoms with Crippen LogP contribution in [0.25, 0.3) is 16.7 Å². The van der Waals surface area contributed by atoms with Gasteiger partial charge in [-0.2, -0.15) is 0 Å². The van der Waals surface area contributed by atoms with Gasteiger partial charge in [-0.3, -0.25) is 4.57 Å². The Morgan fingerprint density at radius 2 is 1.86 bits per heavy atom. The Morgan fingerprint density at radius 1 is 1.10 bits per heavy atom. The van der Waals surface area contributed by atoms with Gasteiger partial charge in [0.05, 0.1) is 11.0 Å². The van der Waals surface area contributed by atoms with Crippen molar-refractivity contribution in [1.82, 2.24) is 9.55 Å². The highest BCUT2D eigenvalue weighted by atomic mass is 19.1. The molecule has 3 rings (SSSR count). The summed E-state index contributed by atoms with van der Waals surface area (Å²) in [7, 11) is 0. The number of nitrogens with zero attached hydrogens (tertiary/aromatic N) is 2. The van der Waals surface area contributed by atoms with E-state index >= 15 is 0 Å². The van der Waals surface area contributed by atoms with Crippen molar-refractivity contribution in [3.63, 3.8) is 0 Å². The second kappa shape index (κ2) is 5.54. The molecule has 1 heterocycles. The molecule has 3 aromatic rings. The minimum absolute atomic E-state index is 0.274. The Labute approximate surface area is 122 Å². The molecule has 0 spiro atoms. The number of benzene rings is 2. The van der Waals surface area contributed by atoms with E-state index in [2.05, 4.69) is 4.98 Å². The fraction of sp³-hybridized carbons (Fsp3) is 0.188. The van der Waals surface area contributed by atoms with Crippen LogP contribution in [-0.4, -0.2) is 16.1 Å². The third-order valence-corrected chi connectivity index (χ3v) is 3.44. The number of nitrogen functional groups attached to an aromatic ring is 1. The van der Waals surface area contributed by atoms with Gasteiger partial charge in [0, 0.05) is 23.9 Å². The molecule has 0 aliphatic heterocycles. The standard InChI is InChI=1S/C16H17FN4/c17-11-3-8-14-15(10-11)21(16(20-14)2-1-9-18)13-6-4-12(19)5-7-13/h3-8,10H,1-2,9,18-19H2. The lowest BCUT2D eigenvalue weighted by Gasteiger charge is -2.09. The van der Waals surface area contributed by atoms with Gasteiger partial charge in [-0.1, -0.05) is 0 Å². The molecule has 0 bridgehead atoms. The van der Waals surface area contributed by atoms with E-state index in [0.717, 1.165) is 35.4 Å². The van der Waals surface area contributed by atoms with Crippen LogP contribution in [0.15, 0.2) is 42.5 Å². The van der Waals surface area contributed by atoms with Crippen molar-refractivity contribution >= 4 is 16.7 Å². The normalized spacial score (nSPS) is 11.1. The van der Waals surface area contributed by atoms with Crippen LogP contribution < -0.4 is 11.5 Å². The Kier molecular flexibility index (Phi) is 3.58. The number of nitrogens with two attached hydrogens (primary N) is 2. The van der Waals surface area contributed by atoms with E-state index in [1.54, 1.807) is 6.07 Å². The van der Waals surface area contributed by atoms with Gasteiger partial charge in [-0.25, -0.2) is 9.37 Å². The topological polar surface area (TPSA) is 69.9 Å². The lowest BCUT2D eigenvalue weighted by atomic mass is 10.2. The van der Waals surface area contributed by atoms with E-state index in [4.69, 9.17) is 11.5 Å². The van der Waals surface area contributed by atoms with Crippen molar-refractivity contribution in [3.8, 4) is 5.69 Å². The zero-order valence-corrected chi connectivity index (χ0v) is 11.6. The molecule has 1 aromatic heterocycles. The first-order valence-electron chi connectivity index (χ1n) is 6.92. The Morgan fingerprint density at radius 3 is 2.57 bits per heavy atom. The monoisotopic (exact) mass is 284 g/mol. The molecule has 0 aliphatic rings. The van der Waals surface area contributed by atoms with Gasteiger partial charge in [0.1, 0.15) is 11.6 Å². The number of aromatic nitrogens is 2. The van der Waals surface area contributed by atoms with E-state index in [9.17, 15) is 4.39 Å². The minimum atomic E-state index is -0.274. The quantitative estimate of drug-likeness (QED) is 0.724. The predicted molar refractivity (Wildman–Crippen MR) is 82.8 cm³/mol. The molecule has 0 saturated carbocycles. The van der Waals surface area contributed by atoms with Crippen LogP contribution in [-0.2, 0) is 6.42 Å². The lowest BCUT2D eigenvalue weighted by molar-refractivity contribution is 0.629. The zero-order chi connectivity index (χ0) is 14.8. The smallest absolute Gasteiger partial charge is 0.125 e. The highest BCUT2D eigenvalue weighted by Gasteiger charge is 2.12. The Hall–Kier alpha value is -2.40. The molecule has 0 saturated heterocycles. The maximum atomic E-state index is 13.6. The summed E-state index contributed by atoms with van der Waals surface area (Å²) in [6, 6.07) is 12.1. The van der Waals surface area contributed by atoms with Crippen molar-refractivity contribution in [2.45, 2.75) is 12.8 Å². The van der Waals surface area contributed by atoms with Crippen LogP contribution in [0, 0.1) is 5.82 Å². The molecule has 5 heteroatoms. The molecule has 0 fully saturated rings. The van der Waals surface area contributed by atoms with E-state index in [0.29, 0.717) is 12.2 Å². The molecule has 0 aliphatic carbocycles. The summed E-state index contributed by atoms with van der Waals surface area (Å²) in [6.45, 7) is 0.597. The van der Waals surface area contributed by atoms with Crippen LogP contribution in [0.4, 0.5) is 10.1 Å². The predicted octanol–water partition coefficient (Wildman–Crippen LogP) is 2.64. The number of anilines is 1. The first-order chi connectivity index (χ1) is 10.2. The van der Waals surface area contributed by atoms with E-state index in [1.807, 2.05) is 28.8 Å². The first-order valence-corrected chi connectivity index (χ1v) is 6.92. The minimum Gasteiger partial charge on any atom is -0.399 e. The van der Waals surface area contributed by atoms with Crippen LogP contribution in [0.5, 0.6) is 0 Å². The number of imidazole rings is 1. The van der Waals surface area contributed by atoms with Gasteiger partial charge in [0.25, 0.3) is 0 Å². The summed E-state index contributed by atoms with van der Waals surface area (Å²) in [4.78, 5) is 4.60. The fourth-order valence-electron chi connectivity index (χ4n) is 2.44. The molecular weight excluding hydrogens is 267 g/mol. The third kappa shape index (κ3) is 2.60. The van der Waals surface area contributed by atoms with Crippen molar-refractivity contribution in [2.24, 2.45) is 5.73 Å². The van der Waals surface area contributed by atoms with Gasteiger partial charge in [0.15, 0.2) is 0 Å². The molecule has 2 aromatic carbocycles. The zero-order valence-electron chi connectivity index (χ0n) is 11.6. The molecule has 4 N–H and O–H groups in total. The van der Waals surface area contributed by atoms with E-state index in [-0.39, 0.29) is 5.82 Å². The van der Waals surface area contributed by atoms with E-state index in [1.165, 1.54) is 12.1 Å². The maximum Gasteiger partial charge on any atom is 0.125 e. The fourth-order valence-corrected chi connectivity index (χ4v) is 2.44. The summed E-state index contributed by atoms with van der Waals surface area (Å²) < 4.78 is 15.5. The number of hydrogen-bond donors (Lipinski definition) is 2. The van der Waals surface area contributed by atoms with Gasteiger partial charge >= 0.3 is 0 Å². The molecule has 0 radical (unpaired) electrons. The third-order valence-electron chi connectivity index (χ3n) is 3.44. The SMILES string of the molecule is NCCCc1nc2ccc(F)cc2n1-c1ccc(N)cc1. The average Bonchev–Trinajstić information content (AvgIpc) is 2.83. The van der Waals surface area contributed by atoms with Gasteiger partial charge in [-0.15, -0.1) is 0 Å². The summed E-state index contributed by atoms with van der Waals surface area (Å²) in [5, 5.41) is 0. The molecule has 0 amide bonds. The van der Waals surface area contributed by atoms with Crippen molar-refractivity contribution in [3.05, 3.63) is 54.1 Å². The summed E-state index contributed by atoms with van der Waals surface area (Å²) >= 11 is 0. The largest absolute Gasteiger partial charge is 0.399 e. The average molecular weight is 284 g/mol. The van der Waals surface area contributed by atoms with Crippen LogP contribution >= 0.6 is 0 Å². The lowest BCUT2D eigenvalue weighted by Crippen LogP contribution is -2.06. The summed E-state index contributed by atoms with van der Waals surface area (Å²) in [5.74, 6) is 0.607. The summed E-state index contributed by atoms with van der Waals surface area (Å²) in [6.07, 6.45) is 1.58. The molecule has 0 unspecified atom stereocenters. The van der Waals surface area contributed by atoms with Crippen LogP contribution in [0.1, 0.15) is 12.2 Å². The second-order valence-electron chi connectivity index (χ2n) is 4.98. The van der Waals surface area contributed by atoms with Crippen molar-refractivity contribution in [2.75, 3.05) is 12.3 Å². The van der Waals surface area contributed by atoms with Gasteiger partial charge in [-0.05, 0) is 49.4 Å².